The number of hydrogen-bond acceptors (Lipinski definition) is 2. The van der Waals surface area contributed by atoms with Gasteiger partial charge in [0, 0.05) is 18.4 Å². The molecule has 2 heteroatoms. The lowest BCUT2D eigenvalue weighted by Crippen LogP contribution is -2.15. The first-order valence-corrected chi connectivity index (χ1v) is 4.65. The maximum absolute atomic E-state index is 5.89. The van der Waals surface area contributed by atoms with Crippen LogP contribution in [0.3, 0.4) is 0 Å². The summed E-state index contributed by atoms with van der Waals surface area (Å²) in [5, 5.41) is 0. The molecule has 1 heterocycles. The number of allylic oxidation sites excluding steroid dienone is 2. The minimum Gasteiger partial charge on any atom is -0.459 e. The predicted molar refractivity (Wildman–Crippen MR) is 56.8 cm³/mol. The summed E-state index contributed by atoms with van der Waals surface area (Å²) < 4.78 is 5.67. The Labute approximate surface area is 83.7 Å². The van der Waals surface area contributed by atoms with Crippen LogP contribution in [-0.4, -0.2) is 0 Å². The summed E-state index contributed by atoms with van der Waals surface area (Å²) in [6.45, 7) is 3.68. The third-order valence-corrected chi connectivity index (χ3v) is 2.27. The molecule has 1 aromatic carbocycles. The first-order chi connectivity index (χ1) is 6.81. The van der Waals surface area contributed by atoms with E-state index < -0.39 is 0 Å². The third kappa shape index (κ3) is 1.51. The molecule has 2 N–H and O–H groups in total. The highest BCUT2D eigenvalue weighted by Gasteiger charge is 2.15. The zero-order chi connectivity index (χ0) is 9.97. The van der Waals surface area contributed by atoms with E-state index in [0.717, 1.165) is 29.2 Å². The minimum absolute atomic E-state index is 0.695. The van der Waals surface area contributed by atoms with Crippen molar-refractivity contribution < 1.29 is 4.74 Å². The summed E-state index contributed by atoms with van der Waals surface area (Å²) in [6.07, 6.45) is 3.27. The Morgan fingerprint density at radius 3 is 3.00 bits per heavy atom. The van der Waals surface area contributed by atoms with Gasteiger partial charge in [-0.3, -0.25) is 0 Å². The highest BCUT2D eigenvalue weighted by atomic mass is 16.5. The monoisotopic (exact) mass is 187 g/mol. The van der Waals surface area contributed by atoms with Gasteiger partial charge in [-0.15, -0.1) is 6.58 Å². The second kappa shape index (κ2) is 3.58. The van der Waals surface area contributed by atoms with Crippen LogP contribution in [0.1, 0.15) is 12.0 Å². The number of fused-ring (bicyclic) bond motifs is 1. The Bertz CT molecular complexity index is 393. The summed E-state index contributed by atoms with van der Waals surface area (Å²) in [5.74, 6) is 1.75. The van der Waals surface area contributed by atoms with Crippen LogP contribution in [0.5, 0.6) is 5.75 Å². The molecule has 2 rings (SSSR count). The van der Waals surface area contributed by atoms with E-state index in [9.17, 15) is 0 Å². The van der Waals surface area contributed by atoms with Gasteiger partial charge in [-0.05, 0) is 6.07 Å². The van der Waals surface area contributed by atoms with Gasteiger partial charge in [0.05, 0.1) is 5.70 Å². The average molecular weight is 187 g/mol. The molecule has 1 aromatic rings. The molecule has 0 fully saturated rings. The lowest BCUT2D eigenvalue weighted by molar-refractivity contribution is 0.391. The van der Waals surface area contributed by atoms with Crippen molar-refractivity contribution in [1.29, 1.82) is 0 Å². The van der Waals surface area contributed by atoms with Gasteiger partial charge < -0.3 is 10.5 Å². The summed E-state index contributed by atoms with van der Waals surface area (Å²) in [4.78, 5) is 0. The normalized spacial score (nSPS) is 14.6. The second-order valence-corrected chi connectivity index (χ2v) is 3.33. The van der Waals surface area contributed by atoms with Gasteiger partial charge in [0.15, 0.2) is 0 Å². The van der Waals surface area contributed by atoms with E-state index in [-0.39, 0.29) is 0 Å². The fraction of sp³-hybridized carbons (Fsp3) is 0.167. The number of rotatable bonds is 2. The quantitative estimate of drug-likeness (QED) is 0.721. The van der Waals surface area contributed by atoms with Crippen molar-refractivity contribution in [3.63, 3.8) is 0 Å². The molecule has 0 saturated carbocycles. The Hall–Kier alpha value is -1.70. The van der Waals surface area contributed by atoms with Crippen molar-refractivity contribution in [2.24, 2.45) is 5.73 Å². The van der Waals surface area contributed by atoms with Crippen molar-refractivity contribution in [1.82, 2.24) is 0 Å². The van der Waals surface area contributed by atoms with Gasteiger partial charge in [0.25, 0.3) is 0 Å². The Kier molecular flexibility index (Phi) is 2.27. The highest BCUT2D eigenvalue weighted by molar-refractivity contribution is 5.41. The molecule has 0 aromatic heterocycles. The number of nitrogens with two attached hydrogens (primary N) is 1. The van der Waals surface area contributed by atoms with Crippen LogP contribution in [0.2, 0.25) is 0 Å². The minimum atomic E-state index is 0.695. The molecule has 0 bridgehead atoms. The molecule has 14 heavy (non-hydrogen) atoms. The molecule has 0 saturated heterocycles. The molecule has 0 aliphatic carbocycles. The van der Waals surface area contributed by atoms with Crippen LogP contribution >= 0.6 is 0 Å². The fourth-order valence-electron chi connectivity index (χ4n) is 1.56. The molecule has 0 unspecified atom stereocenters. The summed E-state index contributed by atoms with van der Waals surface area (Å²) >= 11 is 0. The Balaban J connectivity index is 2.31. The van der Waals surface area contributed by atoms with E-state index in [4.69, 9.17) is 10.5 Å². The summed E-state index contributed by atoms with van der Waals surface area (Å²) in [7, 11) is 0. The molecule has 1 aliphatic rings. The molecule has 72 valence electrons. The number of benzene rings is 1. The van der Waals surface area contributed by atoms with Crippen molar-refractivity contribution >= 4 is 0 Å². The maximum atomic E-state index is 5.89. The highest BCUT2D eigenvalue weighted by Crippen LogP contribution is 2.29. The van der Waals surface area contributed by atoms with Crippen molar-refractivity contribution in [2.45, 2.75) is 12.8 Å². The van der Waals surface area contributed by atoms with Crippen molar-refractivity contribution in [3.05, 3.63) is 53.9 Å². The standard InChI is InChI=1S/C12H13NO/c1-2-5-12-10(13)8-9-6-3-4-7-11(9)14-12/h2-4,6-7H,1,5,8,13H2. The van der Waals surface area contributed by atoms with E-state index in [1.165, 1.54) is 0 Å². The van der Waals surface area contributed by atoms with Gasteiger partial charge in [-0.2, -0.15) is 0 Å². The summed E-state index contributed by atoms with van der Waals surface area (Å²) in [6, 6.07) is 7.96. The molecule has 1 aliphatic heterocycles. The average Bonchev–Trinajstić information content (AvgIpc) is 2.19. The topological polar surface area (TPSA) is 35.2 Å². The second-order valence-electron chi connectivity index (χ2n) is 3.33. The SMILES string of the molecule is C=CCC1=C(N)Cc2ccccc2O1. The fourth-order valence-corrected chi connectivity index (χ4v) is 1.56. The first kappa shape index (κ1) is 8.88. The van der Waals surface area contributed by atoms with Crippen LogP contribution in [0.15, 0.2) is 48.4 Å². The van der Waals surface area contributed by atoms with Crippen molar-refractivity contribution in [3.8, 4) is 5.75 Å². The maximum Gasteiger partial charge on any atom is 0.130 e. The number of ether oxygens (including phenoxy) is 1. The molecule has 0 amide bonds. The zero-order valence-corrected chi connectivity index (χ0v) is 7.99. The lowest BCUT2D eigenvalue weighted by Gasteiger charge is -2.20. The van der Waals surface area contributed by atoms with Crippen molar-refractivity contribution in [2.75, 3.05) is 0 Å². The van der Waals surface area contributed by atoms with E-state index in [1.54, 1.807) is 6.08 Å². The number of hydrogen-bond donors (Lipinski definition) is 1. The van der Waals surface area contributed by atoms with Gasteiger partial charge in [-0.25, -0.2) is 0 Å². The van der Waals surface area contributed by atoms with Gasteiger partial charge in [0.1, 0.15) is 11.5 Å². The van der Waals surface area contributed by atoms with E-state index >= 15 is 0 Å². The molecule has 0 radical (unpaired) electrons. The van der Waals surface area contributed by atoms with Crippen LogP contribution in [-0.2, 0) is 6.42 Å². The van der Waals surface area contributed by atoms with E-state index in [0.29, 0.717) is 6.42 Å². The Morgan fingerprint density at radius 1 is 1.43 bits per heavy atom. The zero-order valence-electron chi connectivity index (χ0n) is 7.99. The largest absolute Gasteiger partial charge is 0.459 e. The third-order valence-electron chi connectivity index (χ3n) is 2.27. The molecule has 0 spiro atoms. The Morgan fingerprint density at radius 2 is 2.21 bits per heavy atom. The molecular weight excluding hydrogens is 174 g/mol. The lowest BCUT2D eigenvalue weighted by atomic mass is 10.0. The smallest absolute Gasteiger partial charge is 0.130 e. The van der Waals surface area contributed by atoms with Gasteiger partial charge in [-0.1, -0.05) is 24.3 Å². The van der Waals surface area contributed by atoms with Gasteiger partial charge >= 0.3 is 0 Å². The van der Waals surface area contributed by atoms with E-state index in [2.05, 4.69) is 6.58 Å². The van der Waals surface area contributed by atoms with Crippen LogP contribution in [0, 0.1) is 0 Å². The van der Waals surface area contributed by atoms with Gasteiger partial charge in [0.2, 0.25) is 0 Å². The summed E-state index contributed by atoms with van der Waals surface area (Å²) in [5.41, 5.74) is 7.85. The first-order valence-electron chi connectivity index (χ1n) is 4.65. The number of para-hydroxylation sites is 1. The van der Waals surface area contributed by atoms with E-state index in [1.807, 2.05) is 24.3 Å². The molecule has 0 atom stereocenters. The van der Waals surface area contributed by atoms with Crippen LogP contribution < -0.4 is 10.5 Å². The molecule has 2 nitrogen and oxygen atoms in total. The van der Waals surface area contributed by atoms with Crippen LogP contribution in [0.4, 0.5) is 0 Å². The predicted octanol–water partition coefficient (Wildman–Crippen LogP) is 2.37. The van der Waals surface area contributed by atoms with Crippen LogP contribution in [0.25, 0.3) is 0 Å². The molecular formula is C12H13NO.